The first-order valence-corrected chi connectivity index (χ1v) is 8.70. The second-order valence-electron chi connectivity index (χ2n) is 5.64. The van der Waals surface area contributed by atoms with E-state index in [1.807, 2.05) is 25.1 Å². The third kappa shape index (κ3) is 5.26. The van der Waals surface area contributed by atoms with Gasteiger partial charge in [0.15, 0.2) is 0 Å². The number of hydrogen-bond acceptors (Lipinski definition) is 4. The van der Waals surface area contributed by atoms with Crippen molar-refractivity contribution in [1.82, 2.24) is 5.32 Å². The number of carbonyl (C=O) groups is 2. The first-order chi connectivity index (χ1) is 11.9. The maximum Gasteiger partial charge on any atom is 0.316 e. The van der Waals surface area contributed by atoms with Crippen molar-refractivity contribution in [3.63, 3.8) is 0 Å². The predicted molar refractivity (Wildman–Crippen MR) is 98.3 cm³/mol. The number of methoxy groups -OCH3 is 1. The van der Waals surface area contributed by atoms with E-state index in [0.29, 0.717) is 17.0 Å². The number of carboxylic acids is 1. The number of aliphatic carboxylic acids is 1. The van der Waals surface area contributed by atoms with Crippen LogP contribution in [0, 0.1) is 6.92 Å². The molecule has 1 atom stereocenters. The first-order valence-electron chi connectivity index (χ1n) is 7.82. The van der Waals surface area contributed by atoms with Gasteiger partial charge < -0.3 is 15.2 Å². The molecule has 1 unspecified atom stereocenters. The van der Waals surface area contributed by atoms with Crippen LogP contribution in [-0.4, -0.2) is 29.3 Å². The Morgan fingerprint density at radius 1 is 1.24 bits per heavy atom. The molecule has 25 heavy (non-hydrogen) atoms. The summed E-state index contributed by atoms with van der Waals surface area (Å²) in [5.74, 6) is -0.399. The van der Waals surface area contributed by atoms with Crippen molar-refractivity contribution >= 4 is 23.6 Å². The Morgan fingerprint density at radius 3 is 2.64 bits per heavy atom. The molecule has 0 saturated carbocycles. The minimum atomic E-state index is -0.910. The van der Waals surface area contributed by atoms with Crippen LogP contribution in [0.5, 0.6) is 5.75 Å². The minimum absolute atomic E-state index is 0.235. The fourth-order valence-electron chi connectivity index (χ4n) is 2.32. The predicted octanol–water partition coefficient (Wildman–Crippen LogP) is 3.50. The molecule has 0 saturated heterocycles. The van der Waals surface area contributed by atoms with Crippen molar-refractivity contribution in [1.29, 1.82) is 0 Å². The highest BCUT2D eigenvalue weighted by molar-refractivity contribution is 8.00. The summed E-state index contributed by atoms with van der Waals surface area (Å²) in [6, 6.07) is 12.8. The van der Waals surface area contributed by atoms with Gasteiger partial charge in [-0.05, 0) is 49.2 Å². The standard InChI is InChI=1S/C19H21NO4S/c1-12-8-14(10-15(9-12)24-3)11-20-18(21)16-6-4-5-7-17(16)25-13(2)19(22)23/h4-10,13H,11H2,1-3H3,(H,20,21)(H,22,23). The summed E-state index contributed by atoms with van der Waals surface area (Å²) < 4.78 is 5.24. The summed E-state index contributed by atoms with van der Waals surface area (Å²) in [5, 5.41) is 11.3. The van der Waals surface area contributed by atoms with Gasteiger partial charge in [-0.1, -0.05) is 18.2 Å². The van der Waals surface area contributed by atoms with E-state index >= 15 is 0 Å². The van der Waals surface area contributed by atoms with Gasteiger partial charge >= 0.3 is 5.97 Å². The molecule has 0 radical (unpaired) electrons. The Labute approximate surface area is 151 Å². The van der Waals surface area contributed by atoms with E-state index in [1.165, 1.54) is 0 Å². The largest absolute Gasteiger partial charge is 0.497 e. The Morgan fingerprint density at radius 2 is 1.96 bits per heavy atom. The van der Waals surface area contributed by atoms with E-state index in [-0.39, 0.29) is 5.91 Å². The van der Waals surface area contributed by atoms with Gasteiger partial charge in [0.25, 0.3) is 5.91 Å². The number of thioether (sulfide) groups is 1. The van der Waals surface area contributed by atoms with Crippen molar-refractivity contribution in [2.24, 2.45) is 0 Å². The van der Waals surface area contributed by atoms with E-state index in [2.05, 4.69) is 5.32 Å². The third-order valence-electron chi connectivity index (χ3n) is 3.58. The molecule has 0 aliphatic rings. The molecule has 2 N–H and O–H groups in total. The molecular formula is C19H21NO4S. The average molecular weight is 359 g/mol. The molecule has 132 valence electrons. The number of carbonyl (C=O) groups excluding carboxylic acids is 1. The normalized spacial score (nSPS) is 11.6. The van der Waals surface area contributed by atoms with Crippen LogP contribution < -0.4 is 10.1 Å². The van der Waals surface area contributed by atoms with Crippen LogP contribution in [-0.2, 0) is 11.3 Å². The van der Waals surface area contributed by atoms with Crippen LogP contribution in [0.4, 0.5) is 0 Å². The maximum atomic E-state index is 12.5. The topological polar surface area (TPSA) is 75.6 Å². The van der Waals surface area contributed by atoms with E-state index in [9.17, 15) is 9.59 Å². The highest BCUT2D eigenvalue weighted by atomic mass is 32.2. The summed E-state index contributed by atoms with van der Waals surface area (Å²) in [6.07, 6.45) is 0. The number of benzene rings is 2. The van der Waals surface area contributed by atoms with E-state index in [1.54, 1.807) is 38.3 Å². The first kappa shape index (κ1) is 18.9. The molecule has 0 bridgehead atoms. The Bertz CT molecular complexity index is 776. The van der Waals surface area contributed by atoms with Gasteiger partial charge in [-0.25, -0.2) is 0 Å². The zero-order chi connectivity index (χ0) is 18.4. The smallest absolute Gasteiger partial charge is 0.316 e. The lowest BCUT2D eigenvalue weighted by molar-refractivity contribution is -0.136. The number of hydrogen-bond donors (Lipinski definition) is 2. The van der Waals surface area contributed by atoms with Crippen molar-refractivity contribution < 1.29 is 19.4 Å². The number of amides is 1. The lowest BCUT2D eigenvalue weighted by Crippen LogP contribution is -2.24. The van der Waals surface area contributed by atoms with Crippen molar-refractivity contribution in [2.45, 2.75) is 30.5 Å². The summed E-state index contributed by atoms with van der Waals surface area (Å²) >= 11 is 1.16. The van der Waals surface area contributed by atoms with Crippen LogP contribution in [0.3, 0.4) is 0 Å². The number of rotatable bonds is 7. The van der Waals surface area contributed by atoms with Gasteiger partial charge in [-0.2, -0.15) is 0 Å². The Hall–Kier alpha value is -2.47. The van der Waals surface area contributed by atoms with Crippen molar-refractivity contribution in [3.8, 4) is 5.75 Å². The molecule has 6 heteroatoms. The molecule has 2 aromatic carbocycles. The molecule has 0 aliphatic heterocycles. The monoisotopic (exact) mass is 359 g/mol. The molecule has 0 aliphatic carbocycles. The van der Waals surface area contributed by atoms with Gasteiger partial charge in [-0.15, -0.1) is 11.8 Å². The molecule has 0 aromatic heterocycles. The van der Waals surface area contributed by atoms with Gasteiger partial charge in [-0.3, -0.25) is 9.59 Å². The third-order valence-corrected chi connectivity index (χ3v) is 4.75. The second kappa shape index (κ2) is 8.58. The molecule has 5 nitrogen and oxygen atoms in total. The number of nitrogens with one attached hydrogen (secondary N) is 1. The van der Waals surface area contributed by atoms with Crippen LogP contribution >= 0.6 is 11.8 Å². The van der Waals surface area contributed by atoms with Gasteiger partial charge in [0.05, 0.1) is 12.7 Å². The molecule has 0 spiro atoms. The zero-order valence-corrected chi connectivity index (χ0v) is 15.2. The zero-order valence-electron chi connectivity index (χ0n) is 14.4. The quantitative estimate of drug-likeness (QED) is 0.740. The van der Waals surface area contributed by atoms with Gasteiger partial charge in [0.1, 0.15) is 11.0 Å². The summed E-state index contributed by atoms with van der Waals surface area (Å²) in [4.78, 5) is 24.2. The molecule has 0 fully saturated rings. The molecule has 2 aromatic rings. The Kier molecular flexibility index (Phi) is 6.47. The maximum absolute atomic E-state index is 12.5. The summed E-state index contributed by atoms with van der Waals surface area (Å²) in [6.45, 7) is 3.93. The number of aryl methyl sites for hydroxylation is 1. The Balaban J connectivity index is 2.11. The van der Waals surface area contributed by atoms with Crippen molar-refractivity contribution in [3.05, 3.63) is 59.2 Å². The fraction of sp³-hybridized carbons (Fsp3) is 0.263. The molecular weight excluding hydrogens is 338 g/mol. The van der Waals surface area contributed by atoms with Crippen LogP contribution in [0.15, 0.2) is 47.4 Å². The summed E-state index contributed by atoms with van der Waals surface area (Å²) in [7, 11) is 1.61. The highest BCUT2D eigenvalue weighted by Crippen LogP contribution is 2.27. The SMILES string of the molecule is COc1cc(C)cc(CNC(=O)c2ccccc2SC(C)C(=O)O)c1. The minimum Gasteiger partial charge on any atom is -0.497 e. The number of ether oxygens (including phenoxy) is 1. The van der Waals surface area contributed by atoms with Crippen molar-refractivity contribution in [2.75, 3.05) is 7.11 Å². The average Bonchev–Trinajstić information content (AvgIpc) is 2.59. The van der Waals surface area contributed by atoms with E-state index < -0.39 is 11.2 Å². The highest BCUT2D eigenvalue weighted by Gasteiger charge is 2.17. The molecule has 2 rings (SSSR count). The molecule has 0 heterocycles. The van der Waals surface area contributed by atoms with Gasteiger partial charge in [0, 0.05) is 11.4 Å². The fourth-order valence-corrected chi connectivity index (χ4v) is 3.25. The van der Waals surface area contributed by atoms with Crippen LogP contribution in [0.2, 0.25) is 0 Å². The van der Waals surface area contributed by atoms with E-state index in [0.717, 1.165) is 28.6 Å². The van der Waals surface area contributed by atoms with Gasteiger partial charge in [0.2, 0.25) is 0 Å². The van der Waals surface area contributed by atoms with Crippen LogP contribution in [0.25, 0.3) is 0 Å². The number of carboxylic acid groups (broad SMARTS) is 1. The lowest BCUT2D eigenvalue weighted by Gasteiger charge is -2.12. The summed E-state index contributed by atoms with van der Waals surface area (Å²) in [5.41, 5.74) is 2.46. The van der Waals surface area contributed by atoms with E-state index in [4.69, 9.17) is 9.84 Å². The second-order valence-corrected chi connectivity index (χ2v) is 7.02. The van der Waals surface area contributed by atoms with Crippen LogP contribution in [0.1, 0.15) is 28.4 Å². The molecule has 1 amide bonds. The lowest BCUT2D eigenvalue weighted by atomic mass is 10.1.